The third kappa shape index (κ3) is 2.93. The molecule has 1 nitrogen and oxygen atoms in total. The van der Waals surface area contributed by atoms with Gasteiger partial charge in [-0.2, -0.15) is 0 Å². The number of hydrogen-bond donors (Lipinski definition) is 1. The molecule has 82 valence electrons. The van der Waals surface area contributed by atoms with Crippen LogP contribution in [-0.2, 0) is 13.0 Å². The van der Waals surface area contributed by atoms with Gasteiger partial charge in [0.15, 0.2) is 0 Å². The van der Waals surface area contributed by atoms with E-state index in [1.807, 2.05) is 13.0 Å². The first kappa shape index (κ1) is 12.5. The summed E-state index contributed by atoms with van der Waals surface area (Å²) >= 11 is -3.05. The fraction of sp³-hybridized carbons (Fsp3) is 0.400. The Labute approximate surface area is 96.8 Å². The van der Waals surface area contributed by atoms with Gasteiger partial charge in [0.2, 0.25) is 0 Å². The van der Waals surface area contributed by atoms with E-state index in [0.717, 1.165) is 9.72 Å². The van der Waals surface area contributed by atoms with Crippen molar-refractivity contribution in [2.75, 3.05) is 0 Å². The summed E-state index contributed by atoms with van der Waals surface area (Å²) in [4.78, 5) is 0. The maximum atomic E-state index is 6.09. The Morgan fingerprint density at radius 2 is 1.86 bits per heavy atom. The van der Waals surface area contributed by atoms with Crippen molar-refractivity contribution in [2.45, 2.75) is 26.7 Å². The zero-order valence-electron chi connectivity index (χ0n) is 8.50. The molecule has 0 aromatic heterocycles. The molecule has 0 saturated heterocycles. The Bertz CT molecular complexity index is 331. The summed E-state index contributed by atoms with van der Waals surface area (Å²) in [5, 5.41) is 0. The van der Waals surface area contributed by atoms with Crippen molar-refractivity contribution < 1.29 is 13.0 Å². The van der Waals surface area contributed by atoms with E-state index in [0.29, 0.717) is 5.92 Å². The average molecular weight is 321 g/mol. The molecule has 0 saturated carbocycles. The van der Waals surface area contributed by atoms with Crippen molar-refractivity contribution in [3.05, 3.63) is 29.3 Å². The van der Waals surface area contributed by atoms with Crippen LogP contribution in [0.15, 0.2) is 18.2 Å². The molecule has 0 radical (unpaired) electrons. The summed E-state index contributed by atoms with van der Waals surface area (Å²) in [5.41, 5.74) is 2.33. The summed E-state index contributed by atoms with van der Waals surface area (Å²) in [6, 6.07) is 6.15. The molecule has 1 aromatic carbocycles. The molecular weight excluding hydrogens is 306 g/mol. The summed E-state index contributed by atoms with van der Waals surface area (Å²) in [7, 11) is 12.2. The first-order valence-corrected chi connectivity index (χ1v) is 10.7. The zero-order valence-corrected chi connectivity index (χ0v) is 11.7. The topological polar surface area (TPSA) is 26.0 Å². The van der Waals surface area contributed by atoms with Gasteiger partial charge in [-0.1, -0.05) is 0 Å². The van der Waals surface area contributed by atoms with Gasteiger partial charge in [-0.15, -0.1) is 0 Å². The summed E-state index contributed by atoms with van der Waals surface area (Å²) < 4.78 is 6.84. The Balaban J connectivity index is 3.30. The van der Waals surface area contributed by atoms with Crippen LogP contribution < -0.4 is 8.63 Å². The second-order valence-electron chi connectivity index (χ2n) is 3.61. The molecule has 0 bridgehead atoms. The summed E-state index contributed by atoms with van der Waals surface area (Å²) in [6.07, 6.45) is 0. The number of aryl methyl sites for hydroxylation is 1. The van der Waals surface area contributed by atoms with Crippen LogP contribution in [0.4, 0.5) is 0 Å². The second kappa shape index (κ2) is 4.49. The number of halogens is 2. The second-order valence-corrected chi connectivity index (χ2v) is 12.5. The van der Waals surface area contributed by atoms with E-state index in [-0.39, 0.29) is 0 Å². The molecule has 0 aliphatic carbocycles. The van der Waals surface area contributed by atoms with Crippen LogP contribution in [0.25, 0.3) is 0 Å². The van der Waals surface area contributed by atoms with Crippen LogP contribution >= 0.6 is 19.4 Å². The van der Waals surface area contributed by atoms with Crippen molar-refractivity contribution in [3.63, 3.8) is 0 Å². The number of rotatable bonds is 2. The van der Waals surface area contributed by atoms with E-state index < -0.39 is 13.0 Å². The predicted octanol–water partition coefficient (Wildman–Crippen LogP) is 3.08. The normalized spacial score (nSPS) is 13.4. The van der Waals surface area contributed by atoms with Gasteiger partial charge < -0.3 is 0 Å². The molecule has 4 heteroatoms. The first-order chi connectivity index (χ1) is 6.32. The Hall–Kier alpha value is 0.383. The monoisotopic (exact) mass is 321 g/mol. The maximum absolute atomic E-state index is 6.09. The van der Waals surface area contributed by atoms with Crippen LogP contribution in [0.1, 0.15) is 30.9 Å². The van der Waals surface area contributed by atoms with E-state index in [4.69, 9.17) is 23.9 Å². The molecule has 1 aromatic rings. The molecule has 0 amide bonds. The Kier molecular flexibility index (Phi) is 3.99. The average Bonchev–Trinajstić information content (AvgIpc) is 2.01. The molecule has 0 unspecified atom stereocenters. The third-order valence-electron chi connectivity index (χ3n) is 2.02. The number of nitrogens with two attached hydrogens (primary N) is 1. The van der Waals surface area contributed by atoms with Crippen LogP contribution in [0.2, 0.25) is 0 Å². The van der Waals surface area contributed by atoms with Gasteiger partial charge in [0.25, 0.3) is 0 Å². The van der Waals surface area contributed by atoms with E-state index in [2.05, 4.69) is 26.0 Å². The molecule has 0 heterocycles. The van der Waals surface area contributed by atoms with E-state index in [9.17, 15) is 0 Å². The van der Waals surface area contributed by atoms with Crippen molar-refractivity contribution in [1.82, 2.24) is 0 Å². The number of hydrogen-bond acceptors (Lipinski definition) is 1. The molecule has 0 fully saturated rings. The van der Waals surface area contributed by atoms with Gasteiger partial charge in [-0.05, 0) is 0 Å². The molecule has 0 aliphatic rings. The predicted molar refractivity (Wildman–Crippen MR) is 60.8 cm³/mol. The Morgan fingerprint density at radius 1 is 1.29 bits per heavy atom. The van der Waals surface area contributed by atoms with Crippen molar-refractivity contribution in [2.24, 2.45) is 4.48 Å². The quantitative estimate of drug-likeness (QED) is 0.833. The molecule has 14 heavy (non-hydrogen) atoms. The summed E-state index contributed by atoms with van der Waals surface area (Å²) in [6.45, 7) is 6.26. The van der Waals surface area contributed by atoms with E-state index in [1.165, 1.54) is 5.56 Å². The third-order valence-corrected chi connectivity index (χ3v) is 5.73. The van der Waals surface area contributed by atoms with Crippen LogP contribution in [0, 0.1) is 6.92 Å². The fourth-order valence-electron chi connectivity index (χ4n) is 1.29. The SMILES string of the molecule is Cc1ccc(C(C)C)[c]([Ru]([NH2])([Cl])[Cl])c1. The summed E-state index contributed by atoms with van der Waals surface area (Å²) in [5.74, 6) is 0.409. The van der Waals surface area contributed by atoms with E-state index in [1.54, 1.807) is 0 Å². The van der Waals surface area contributed by atoms with Gasteiger partial charge in [0.05, 0.1) is 0 Å². The molecule has 2 N–H and O–H groups in total. The van der Waals surface area contributed by atoms with Crippen molar-refractivity contribution >= 4 is 23.5 Å². The van der Waals surface area contributed by atoms with E-state index >= 15 is 0 Å². The standard InChI is InChI=1S/C10H13.2ClH.H2N.Ru/c1-8(2)10-6-4-9(3)5-7-10;;;;/h4-6,8H,1-3H3;2*1H;1H2;/q;;;-1;+3/p-2. The fourth-order valence-corrected chi connectivity index (χ4v) is 4.70. The first-order valence-electron chi connectivity index (χ1n) is 4.33. The van der Waals surface area contributed by atoms with Gasteiger partial charge >= 0.3 is 97.1 Å². The van der Waals surface area contributed by atoms with Gasteiger partial charge in [0.1, 0.15) is 0 Å². The van der Waals surface area contributed by atoms with Crippen LogP contribution in [0.5, 0.6) is 0 Å². The van der Waals surface area contributed by atoms with Gasteiger partial charge in [-0.25, -0.2) is 0 Å². The van der Waals surface area contributed by atoms with Crippen molar-refractivity contribution in [1.29, 1.82) is 0 Å². The van der Waals surface area contributed by atoms with Crippen molar-refractivity contribution in [3.8, 4) is 0 Å². The minimum absolute atomic E-state index is 0.409. The Morgan fingerprint density at radius 3 is 2.29 bits per heavy atom. The van der Waals surface area contributed by atoms with Crippen LogP contribution in [-0.4, -0.2) is 0 Å². The van der Waals surface area contributed by atoms with Crippen LogP contribution in [0.3, 0.4) is 0 Å². The molecule has 0 spiro atoms. The van der Waals surface area contributed by atoms with Gasteiger partial charge in [0, 0.05) is 0 Å². The molecular formula is C10H15Cl2NRu. The zero-order chi connectivity index (χ0) is 10.9. The molecule has 1 rings (SSSR count). The molecule has 0 aliphatic heterocycles. The minimum atomic E-state index is -3.05. The van der Waals surface area contributed by atoms with Gasteiger partial charge in [-0.3, -0.25) is 0 Å². The molecule has 0 atom stereocenters. The number of benzene rings is 1.